The van der Waals surface area contributed by atoms with Crippen molar-refractivity contribution in [2.75, 3.05) is 5.32 Å². The van der Waals surface area contributed by atoms with Crippen LogP contribution in [0, 0.1) is 0 Å². The molecule has 0 fully saturated rings. The van der Waals surface area contributed by atoms with Gasteiger partial charge >= 0.3 is 0 Å². The van der Waals surface area contributed by atoms with Gasteiger partial charge in [0.15, 0.2) is 6.10 Å². The molecule has 1 heterocycles. The van der Waals surface area contributed by atoms with Gasteiger partial charge in [-0.05, 0) is 49.2 Å². The smallest absolute Gasteiger partial charge is 0.265 e. The fourth-order valence-electron chi connectivity index (χ4n) is 3.17. The van der Waals surface area contributed by atoms with Crippen LogP contribution in [0.1, 0.15) is 18.3 Å². The molecule has 29 heavy (non-hydrogen) atoms. The minimum Gasteiger partial charge on any atom is -0.481 e. The number of ether oxygens (including phenoxy) is 1. The summed E-state index contributed by atoms with van der Waals surface area (Å²) in [7, 11) is 0. The number of hydrogen-bond acceptors (Lipinski definition) is 3. The highest BCUT2D eigenvalue weighted by Crippen LogP contribution is 2.19. The van der Waals surface area contributed by atoms with E-state index in [0.29, 0.717) is 11.4 Å². The molecule has 0 spiro atoms. The Balaban J connectivity index is 1.40. The lowest BCUT2D eigenvalue weighted by molar-refractivity contribution is -0.122. The van der Waals surface area contributed by atoms with Crippen molar-refractivity contribution in [1.29, 1.82) is 0 Å². The minimum absolute atomic E-state index is 0.197. The van der Waals surface area contributed by atoms with Crippen LogP contribution in [-0.4, -0.2) is 22.0 Å². The van der Waals surface area contributed by atoms with Crippen LogP contribution < -0.4 is 10.1 Å². The summed E-state index contributed by atoms with van der Waals surface area (Å²) in [5.41, 5.74) is 3.79. The minimum atomic E-state index is -0.601. The molecule has 5 heteroatoms. The summed E-state index contributed by atoms with van der Waals surface area (Å²) in [6.45, 7) is 1.73. The highest BCUT2D eigenvalue weighted by atomic mass is 16.5. The van der Waals surface area contributed by atoms with Crippen LogP contribution in [0.4, 0.5) is 5.69 Å². The molecule has 0 aliphatic rings. The van der Waals surface area contributed by atoms with E-state index >= 15 is 0 Å². The number of aryl methyl sites for hydroxylation is 2. The maximum atomic E-state index is 12.5. The Morgan fingerprint density at radius 1 is 1.00 bits per heavy atom. The monoisotopic (exact) mass is 385 g/mol. The SMILES string of the molecule is CC(Oc1ccccc1)C(=O)Nc1ccc2nc(CCc3ccccc3)[nH]c2c1. The number of benzene rings is 3. The van der Waals surface area contributed by atoms with Crippen molar-refractivity contribution in [1.82, 2.24) is 9.97 Å². The average Bonchev–Trinajstić information content (AvgIpc) is 3.16. The van der Waals surface area contributed by atoms with Gasteiger partial charge in [0, 0.05) is 12.1 Å². The molecule has 5 nitrogen and oxygen atoms in total. The van der Waals surface area contributed by atoms with Crippen molar-refractivity contribution in [3.63, 3.8) is 0 Å². The number of hydrogen-bond donors (Lipinski definition) is 2. The predicted octanol–water partition coefficient (Wildman–Crippen LogP) is 4.75. The van der Waals surface area contributed by atoms with Crippen LogP contribution in [0.25, 0.3) is 11.0 Å². The number of anilines is 1. The summed E-state index contributed by atoms with van der Waals surface area (Å²) >= 11 is 0. The number of rotatable bonds is 7. The molecule has 0 bridgehead atoms. The Labute approximate surface area is 169 Å². The van der Waals surface area contributed by atoms with Crippen molar-refractivity contribution in [2.45, 2.75) is 25.9 Å². The molecule has 1 aromatic heterocycles. The van der Waals surface area contributed by atoms with Gasteiger partial charge in [0.1, 0.15) is 11.6 Å². The van der Waals surface area contributed by atoms with E-state index in [1.54, 1.807) is 6.92 Å². The predicted molar refractivity (Wildman–Crippen MR) is 115 cm³/mol. The third-order valence-corrected chi connectivity index (χ3v) is 4.72. The first-order chi connectivity index (χ1) is 14.2. The number of aromatic amines is 1. The molecule has 0 aliphatic carbocycles. The van der Waals surface area contributed by atoms with Gasteiger partial charge in [0.25, 0.3) is 5.91 Å². The Hall–Kier alpha value is -3.60. The summed E-state index contributed by atoms with van der Waals surface area (Å²) in [5.74, 6) is 1.41. The molecule has 2 N–H and O–H groups in total. The first kappa shape index (κ1) is 18.7. The number of amides is 1. The van der Waals surface area contributed by atoms with E-state index < -0.39 is 6.10 Å². The van der Waals surface area contributed by atoms with E-state index in [2.05, 4.69) is 27.4 Å². The number of fused-ring (bicyclic) bond motifs is 1. The largest absolute Gasteiger partial charge is 0.481 e. The van der Waals surface area contributed by atoms with Crippen LogP contribution in [0.3, 0.4) is 0 Å². The van der Waals surface area contributed by atoms with Crippen molar-refractivity contribution < 1.29 is 9.53 Å². The Kier molecular flexibility index (Phi) is 5.56. The van der Waals surface area contributed by atoms with Gasteiger partial charge < -0.3 is 15.0 Å². The standard InChI is InChI=1S/C24H23N3O2/c1-17(29-20-10-6-3-7-11-20)24(28)25-19-13-14-21-22(16-19)27-23(26-21)15-12-18-8-4-2-5-9-18/h2-11,13-14,16-17H,12,15H2,1H3,(H,25,28)(H,26,27). The first-order valence-corrected chi connectivity index (χ1v) is 9.72. The van der Waals surface area contributed by atoms with E-state index in [1.165, 1.54) is 5.56 Å². The topological polar surface area (TPSA) is 67.0 Å². The van der Waals surface area contributed by atoms with Crippen LogP contribution in [0.15, 0.2) is 78.9 Å². The molecule has 1 atom stereocenters. The molecule has 0 saturated heterocycles. The number of para-hydroxylation sites is 1. The van der Waals surface area contributed by atoms with Crippen molar-refractivity contribution >= 4 is 22.6 Å². The lowest BCUT2D eigenvalue weighted by Crippen LogP contribution is -2.30. The van der Waals surface area contributed by atoms with Gasteiger partial charge in [0.2, 0.25) is 0 Å². The van der Waals surface area contributed by atoms with Gasteiger partial charge in [-0.15, -0.1) is 0 Å². The quantitative estimate of drug-likeness (QED) is 0.482. The number of H-pyrrole nitrogens is 1. The summed E-state index contributed by atoms with van der Waals surface area (Å²) in [6.07, 6.45) is 1.16. The number of nitrogens with zero attached hydrogens (tertiary/aromatic N) is 1. The molecule has 0 radical (unpaired) electrons. The molecular weight excluding hydrogens is 362 g/mol. The lowest BCUT2D eigenvalue weighted by atomic mass is 10.1. The number of nitrogens with one attached hydrogen (secondary N) is 2. The molecular formula is C24H23N3O2. The van der Waals surface area contributed by atoms with E-state index in [0.717, 1.165) is 29.7 Å². The van der Waals surface area contributed by atoms with Gasteiger partial charge in [-0.1, -0.05) is 48.5 Å². The van der Waals surface area contributed by atoms with Crippen molar-refractivity contribution in [2.24, 2.45) is 0 Å². The number of imidazole rings is 1. The van der Waals surface area contributed by atoms with Crippen LogP contribution in [0.5, 0.6) is 5.75 Å². The molecule has 0 aliphatic heterocycles. The third kappa shape index (κ3) is 4.82. The van der Waals surface area contributed by atoms with E-state index in [1.807, 2.05) is 66.7 Å². The fourth-order valence-corrected chi connectivity index (χ4v) is 3.17. The number of aromatic nitrogens is 2. The first-order valence-electron chi connectivity index (χ1n) is 9.72. The summed E-state index contributed by atoms with van der Waals surface area (Å²) < 4.78 is 5.68. The van der Waals surface area contributed by atoms with Gasteiger partial charge in [0.05, 0.1) is 11.0 Å². The normalized spacial score (nSPS) is 11.9. The maximum absolute atomic E-state index is 12.5. The number of carbonyl (C=O) groups excluding carboxylic acids is 1. The second-order valence-corrected chi connectivity index (χ2v) is 6.96. The Morgan fingerprint density at radius 2 is 1.72 bits per heavy atom. The van der Waals surface area contributed by atoms with E-state index in [4.69, 9.17) is 4.74 Å². The second-order valence-electron chi connectivity index (χ2n) is 6.96. The summed E-state index contributed by atoms with van der Waals surface area (Å²) in [4.78, 5) is 20.5. The molecule has 3 aromatic carbocycles. The fraction of sp³-hybridized carbons (Fsp3) is 0.167. The molecule has 1 amide bonds. The van der Waals surface area contributed by atoms with Crippen molar-refractivity contribution in [3.8, 4) is 5.75 Å². The molecule has 4 rings (SSSR count). The highest BCUT2D eigenvalue weighted by molar-refractivity contribution is 5.95. The third-order valence-electron chi connectivity index (χ3n) is 4.72. The van der Waals surface area contributed by atoms with Crippen LogP contribution >= 0.6 is 0 Å². The zero-order valence-corrected chi connectivity index (χ0v) is 16.3. The Bertz CT molecular complexity index is 1090. The average molecular weight is 385 g/mol. The van der Waals surface area contributed by atoms with Crippen LogP contribution in [-0.2, 0) is 17.6 Å². The maximum Gasteiger partial charge on any atom is 0.265 e. The molecule has 146 valence electrons. The lowest BCUT2D eigenvalue weighted by Gasteiger charge is -2.14. The summed E-state index contributed by atoms with van der Waals surface area (Å²) in [6, 6.07) is 25.4. The van der Waals surface area contributed by atoms with Gasteiger partial charge in [-0.25, -0.2) is 4.98 Å². The number of carbonyl (C=O) groups is 1. The molecule has 4 aromatic rings. The van der Waals surface area contributed by atoms with Gasteiger partial charge in [-0.2, -0.15) is 0 Å². The highest BCUT2D eigenvalue weighted by Gasteiger charge is 2.15. The second kappa shape index (κ2) is 8.61. The van der Waals surface area contributed by atoms with E-state index in [-0.39, 0.29) is 5.91 Å². The zero-order valence-electron chi connectivity index (χ0n) is 16.3. The van der Waals surface area contributed by atoms with Crippen LogP contribution in [0.2, 0.25) is 0 Å². The van der Waals surface area contributed by atoms with Gasteiger partial charge in [-0.3, -0.25) is 4.79 Å². The molecule has 0 saturated carbocycles. The van der Waals surface area contributed by atoms with Crippen molar-refractivity contribution in [3.05, 3.63) is 90.3 Å². The Morgan fingerprint density at radius 3 is 2.48 bits per heavy atom. The molecule has 1 unspecified atom stereocenters. The zero-order chi connectivity index (χ0) is 20.1. The van der Waals surface area contributed by atoms with E-state index in [9.17, 15) is 4.79 Å². The summed E-state index contributed by atoms with van der Waals surface area (Å²) in [5, 5.41) is 2.91.